The maximum atomic E-state index is 13.2. The summed E-state index contributed by atoms with van der Waals surface area (Å²) in [5, 5.41) is 0. The van der Waals surface area contributed by atoms with E-state index in [2.05, 4.69) is 22.0 Å². The minimum Gasteiger partial charge on any atom is -0.497 e. The van der Waals surface area contributed by atoms with Gasteiger partial charge in [0.15, 0.2) is 0 Å². The molecule has 7 heteroatoms. The first-order valence-electron chi connectivity index (χ1n) is 11.2. The van der Waals surface area contributed by atoms with E-state index in [1.54, 1.807) is 18.6 Å². The maximum Gasteiger partial charge on any atom is 0.272 e. The fraction of sp³-hybridized carbons (Fsp3) is 0.400. The summed E-state index contributed by atoms with van der Waals surface area (Å²) < 4.78 is 6.94. The molecule has 0 bridgehead atoms. The van der Waals surface area contributed by atoms with Crippen LogP contribution in [0.2, 0.25) is 0 Å². The number of carbonyl (C=O) groups excluding carboxylic acids is 1. The Morgan fingerprint density at radius 2 is 1.84 bits per heavy atom. The zero-order valence-corrected chi connectivity index (χ0v) is 19.0. The van der Waals surface area contributed by atoms with E-state index in [-0.39, 0.29) is 11.5 Å². The van der Waals surface area contributed by atoms with Crippen LogP contribution in [-0.4, -0.2) is 58.5 Å². The molecule has 1 aromatic heterocycles. The summed E-state index contributed by atoms with van der Waals surface area (Å²) in [4.78, 5) is 34.3. The molecule has 0 spiro atoms. The topological polar surface area (TPSA) is 67.7 Å². The highest BCUT2D eigenvalue weighted by molar-refractivity contribution is 5.97. The van der Waals surface area contributed by atoms with Gasteiger partial charge in [-0.1, -0.05) is 12.1 Å². The number of nitrogens with zero attached hydrogens (tertiary/aromatic N) is 4. The number of hydrogen-bond donors (Lipinski definition) is 0. The quantitative estimate of drug-likeness (QED) is 0.617. The van der Waals surface area contributed by atoms with Crippen molar-refractivity contribution in [2.24, 2.45) is 0 Å². The lowest BCUT2D eigenvalue weighted by Gasteiger charge is -2.22. The number of methoxy groups -OCH3 is 1. The van der Waals surface area contributed by atoms with Crippen molar-refractivity contribution in [2.75, 3.05) is 33.3 Å². The van der Waals surface area contributed by atoms with Gasteiger partial charge >= 0.3 is 0 Å². The van der Waals surface area contributed by atoms with Gasteiger partial charge in [0.25, 0.3) is 11.5 Å². The van der Waals surface area contributed by atoms with Crippen LogP contribution in [0.3, 0.4) is 0 Å². The van der Waals surface area contributed by atoms with Gasteiger partial charge in [-0.3, -0.25) is 14.5 Å². The van der Waals surface area contributed by atoms with Gasteiger partial charge in [0.2, 0.25) is 0 Å². The van der Waals surface area contributed by atoms with Crippen LogP contribution in [0.15, 0.2) is 47.3 Å². The predicted octanol–water partition coefficient (Wildman–Crippen LogP) is 3.08. The summed E-state index contributed by atoms with van der Waals surface area (Å²) >= 11 is 0. The van der Waals surface area contributed by atoms with Crippen molar-refractivity contribution in [1.82, 2.24) is 19.4 Å². The average Bonchev–Trinajstić information content (AvgIpc) is 3.05. The Bertz CT molecular complexity index is 1170. The van der Waals surface area contributed by atoms with Crippen molar-refractivity contribution in [3.8, 4) is 5.75 Å². The Hall–Kier alpha value is -3.19. The fourth-order valence-corrected chi connectivity index (χ4v) is 4.33. The molecule has 0 saturated carbocycles. The van der Waals surface area contributed by atoms with Crippen molar-refractivity contribution in [2.45, 2.75) is 33.4 Å². The van der Waals surface area contributed by atoms with Crippen LogP contribution in [0.25, 0.3) is 11.0 Å². The first-order valence-corrected chi connectivity index (χ1v) is 11.2. The Morgan fingerprint density at radius 1 is 1.06 bits per heavy atom. The molecule has 4 rings (SSSR count). The summed E-state index contributed by atoms with van der Waals surface area (Å²) in [5.41, 5.74) is 3.68. The van der Waals surface area contributed by atoms with E-state index in [0.717, 1.165) is 43.9 Å². The minimum atomic E-state index is -0.0800. The molecule has 0 radical (unpaired) electrons. The highest BCUT2D eigenvalue weighted by Gasteiger charge is 2.21. The van der Waals surface area contributed by atoms with Crippen LogP contribution >= 0.6 is 0 Å². The van der Waals surface area contributed by atoms with Crippen molar-refractivity contribution in [1.29, 1.82) is 0 Å². The second kappa shape index (κ2) is 9.53. The molecule has 7 nitrogen and oxygen atoms in total. The zero-order chi connectivity index (χ0) is 22.7. The molecule has 0 aliphatic carbocycles. The molecule has 1 saturated heterocycles. The normalized spacial score (nSPS) is 15.0. The van der Waals surface area contributed by atoms with Gasteiger partial charge in [0, 0.05) is 44.8 Å². The molecule has 1 aliphatic rings. The summed E-state index contributed by atoms with van der Waals surface area (Å²) in [6, 6.07) is 13.6. The van der Waals surface area contributed by atoms with Crippen molar-refractivity contribution < 1.29 is 9.53 Å². The van der Waals surface area contributed by atoms with Gasteiger partial charge in [0.05, 0.1) is 18.1 Å². The number of amides is 1. The number of aromatic nitrogens is 2. The Balaban J connectivity index is 1.47. The fourth-order valence-electron chi connectivity index (χ4n) is 4.33. The van der Waals surface area contributed by atoms with Gasteiger partial charge in [-0.05, 0) is 56.2 Å². The monoisotopic (exact) mass is 434 g/mol. The molecule has 0 unspecified atom stereocenters. The van der Waals surface area contributed by atoms with Crippen molar-refractivity contribution in [3.05, 3.63) is 69.6 Å². The maximum absolute atomic E-state index is 13.2. The molecule has 1 aliphatic heterocycles. The minimum absolute atomic E-state index is 0.0203. The highest BCUT2D eigenvalue weighted by atomic mass is 16.5. The van der Waals surface area contributed by atoms with Crippen molar-refractivity contribution in [3.63, 3.8) is 0 Å². The van der Waals surface area contributed by atoms with E-state index in [1.807, 2.05) is 42.2 Å². The van der Waals surface area contributed by atoms with Crippen LogP contribution in [0.5, 0.6) is 5.75 Å². The van der Waals surface area contributed by atoms with E-state index in [9.17, 15) is 9.59 Å². The molecule has 168 valence electrons. The van der Waals surface area contributed by atoms with Gasteiger partial charge in [-0.25, -0.2) is 4.98 Å². The van der Waals surface area contributed by atoms with E-state index >= 15 is 0 Å². The second-order valence-corrected chi connectivity index (χ2v) is 8.22. The lowest BCUT2D eigenvalue weighted by Crippen LogP contribution is -2.35. The average molecular weight is 435 g/mol. The number of rotatable bonds is 5. The van der Waals surface area contributed by atoms with Crippen LogP contribution in [0, 0.1) is 6.92 Å². The van der Waals surface area contributed by atoms with Crippen LogP contribution in [0.1, 0.15) is 35.0 Å². The summed E-state index contributed by atoms with van der Waals surface area (Å²) in [6.45, 7) is 8.30. The Labute approximate surface area is 188 Å². The Kier molecular flexibility index (Phi) is 6.55. The first kappa shape index (κ1) is 22.0. The van der Waals surface area contributed by atoms with Crippen LogP contribution in [-0.2, 0) is 13.1 Å². The molecule has 3 aromatic rings. The molecular formula is C25H30N4O3. The second-order valence-electron chi connectivity index (χ2n) is 8.22. The zero-order valence-electron chi connectivity index (χ0n) is 19.0. The molecule has 1 amide bonds. The van der Waals surface area contributed by atoms with Crippen LogP contribution < -0.4 is 10.3 Å². The predicted molar refractivity (Wildman–Crippen MR) is 125 cm³/mol. The summed E-state index contributed by atoms with van der Waals surface area (Å²) in [5.74, 6) is 0.879. The first-order chi connectivity index (χ1) is 15.5. The number of aryl methyl sites for hydroxylation is 2. The molecule has 2 aromatic carbocycles. The van der Waals surface area contributed by atoms with E-state index < -0.39 is 0 Å². The molecule has 2 heterocycles. The third-order valence-corrected chi connectivity index (χ3v) is 6.11. The largest absolute Gasteiger partial charge is 0.497 e. The number of ether oxygens (including phenoxy) is 1. The number of fused-ring (bicyclic) bond motifs is 1. The third-order valence-electron chi connectivity index (χ3n) is 6.11. The van der Waals surface area contributed by atoms with E-state index in [0.29, 0.717) is 29.9 Å². The molecule has 0 atom stereocenters. The van der Waals surface area contributed by atoms with E-state index in [4.69, 9.17) is 4.74 Å². The lowest BCUT2D eigenvalue weighted by molar-refractivity contribution is 0.0761. The van der Waals surface area contributed by atoms with Gasteiger partial charge in [0.1, 0.15) is 11.4 Å². The van der Waals surface area contributed by atoms with Gasteiger partial charge in [-0.2, -0.15) is 0 Å². The lowest BCUT2D eigenvalue weighted by atomic mass is 10.1. The standard InChI is InChI=1S/C25H30N4O3/c1-4-29-23-11-8-20(16-22(23)26-18(2)24(29)30)25(31)28-13-5-12-27(14-15-28)17-19-6-9-21(32-3)10-7-19/h6-11,16H,4-5,12-15,17H2,1-3H3. The summed E-state index contributed by atoms with van der Waals surface area (Å²) in [6.07, 6.45) is 0.933. The smallest absolute Gasteiger partial charge is 0.272 e. The van der Waals surface area contributed by atoms with Gasteiger partial charge in [-0.15, -0.1) is 0 Å². The Morgan fingerprint density at radius 3 is 2.56 bits per heavy atom. The van der Waals surface area contributed by atoms with Crippen molar-refractivity contribution >= 4 is 16.9 Å². The van der Waals surface area contributed by atoms with E-state index in [1.165, 1.54) is 5.56 Å². The molecule has 32 heavy (non-hydrogen) atoms. The SMILES string of the molecule is CCn1c(=O)c(C)nc2cc(C(=O)N3CCCN(Cc4ccc(OC)cc4)CC3)ccc21. The molecule has 1 fully saturated rings. The molecular weight excluding hydrogens is 404 g/mol. The van der Waals surface area contributed by atoms with Crippen LogP contribution in [0.4, 0.5) is 0 Å². The highest BCUT2D eigenvalue weighted by Crippen LogP contribution is 2.18. The number of carbonyl (C=O) groups is 1. The van der Waals surface area contributed by atoms with Gasteiger partial charge < -0.3 is 14.2 Å². The summed E-state index contributed by atoms with van der Waals surface area (Å²) in [7, 11) is 1.67. The number of hydrogen-bond acceptors (Lipinski definition) is 5. The molecule has 0 N–H and O–H groups in total. The number of benzene rings is 2. The third kappa shape index (κ3) is 4.53.